The molecule has 0 aliphatic carbocycles. The number of benzene rings is 1. The molecule has 0 fully saturated rings. The van der Waals surface area contributed by atoms with Crippen molar-refractivity contribution in [1.82, 2.24) is 9.88 Å². The van der Waals surface area contributed by atoms with Gasteiger partial charge in [-0.2, -0.15) is 0 Å². The van der Waals surface area contributed by atoms with E-state index in [-0.39, 0.29) is 12.2 Å². The summed E-state index contributed by atoms with van der Waals surface area (Å²) in [6.07, 6.45) is -0.512. The minimum absolute atomic E-state index is 0.209. The maximum absolute atomic E-state index is 11.7. The summed E-state index contributed by atoms with van der Waals surface area (Å²) in [7, 11) is 0. The SMILES string of the molecule is Cc1cccc2c1cc(C(=O)O)n2CCNC(=O)OC(C)(C)C. The number of hydrogen-bond donors (Lipinski definition) is 2. The molecule has 124 valence electrons. The molecule has 1 amide bonds. The van der Waals surface area contributed by atoms with Crippen molar-refractivity contribution >= 4 is 23.0 Å². The van der Waals surface area contributed by atoms with Gasteiger partial charge >= 0.3 is 12.1 Å². The first-order valence-corrected chi connectivity index (χ1v) is 7.48. The van der Waals surface area contributed by atoms with Crippen LogP contribution >= 0.6 is 0 Å². The van der Waals surface area contributed by atoms with Gasteiger partial charge < -0.3 is 19.7 Å². The molecule has 6 heteroatoms. The molecule has 0 radical (unpaired) electrons. The van der Waals surface area contributed by atoms with Gasteiger partial charge in [0.1, 0.15) is 11.3 Å². The molecule has 1 aromatic carbocycles. The summed E-state index contributed by atoms with van der Waals surface area (Å²) < 4.78 is 6.86. The number of alkyl carbamates (subject to hydrolysis) is 1. The van der Waals surface area contributed by atoms with Crippen LogP contribution in [0, 0.1) is 6.92 Å². The van der Waals surface area contributed by atoms with Crippen molar-refractivity contribution in [3.63, 3.8) is 0 Å². The molecule has 0 aliphatic rings. The second-order valence-corrected chi connectivity index (χ2v) is 6.42. The molecule has 1 aromatic heterocycles. The quantitative estimate of drug-likeness (QED) is 0.907. The highest BCUT2D eigenvalue weighted by Crippen LogP contribution is 2.23. The van der Waals surface area contributed by atoms with Crippen LogP contribution in [0.2, 0.25) is 0 Å². The zero-order valence-electron chi connectivity index (χ0n) is 13.8. The van der Waals surface area contributed by atoms with E-state index >= 15 is 0 Å². The minimum atomic E-state index is -0.988. The fourth-order valence-corrected chi connectivity index (χ4v) is 2.43. The standard InChI is InChI=1S/C17H22N2O4/c1-11-6-5-7-13-12(11)10-14(15(20)21)19(13)9-8-18-16(22)23-17(2,3)4/h5-7,10H,8-9H2,1-4H3,(H,18,22)(H,20,21). The summed E-state index contributed by atoms with van der Waals surface area (Å²) in [5.74, 6) is -0.988. The Bertz CT molecular complexity index is 741. The van der Waals surface area contributed by atoms with Crippen molar-refractivity contribution in [2.45, 2.75) is 39.8 Å². The molecule has 0 aliphatic heterocycles. The number of nitrogens with zero attached hydrogens (tertiary/aromatic N) is 1. The number of ether oxygens (including phenoxy) is 1. The van der Waals surface area contributed by atoms with Gasteiger partial charge in [-0.1, -0.05) is 12.1 Å². The summed E-state index contributed by atoms with van der Waals surface area (Å²) in [6.45, 7) is 7.95. The lowest BCUT2D eigenvalue weighted by Crippen LogP contribution is -2.34. The van der Waals surface area contributed by atoms with E-state index in [1.54, 1.807) is 31.4 Å². The van der Waals surface area contributed by atoms with E-state index in [4.69, 9.17) is 4.74 Å². The maximum Gasteiger partial charge on any atom is 0.407 e. The Morgan fingerprint density at radius 2 is 2.00 bits per heavy atom. The number of carboxylic acids is 1. The van der Waals surface area contributed by atoms with E-state index in [9.17, 15) is 14.7 Å². The summed E-state index contributed by atoms with van der Waals surface area (Å²) in [5.41, 5.74) is 1.51. The average molecular weight is 318 g/mol. The minimum Gasteiger partial charge on any atom is -0.477 e. The number of hydrogen-bond acceptors (Lipinski definition) is 3. The van der Waals surface area contributed by atoms with Crippen molar-refractivity contribution in [2.24, 2.45) is 0 Å². The molecular formula is C17H22N2O4. The van der Waals surface area contributed by atoms with Gasteiger partial charge in [0, 0.05) is 24.0 Å². The van der Waals surface area contributed by atoms with E-state index in [1.807, 2.05) is 25.1 Å². The van der Waals surface area contributed by atoms with Gasteiger partial charge in [-0.15, -0.1) is 0 Å². The number of carbonyl (C=O) groups excluding carboxylic acids is 1. The molecule has 0 bridgehead atoms. The van der Waals surface area contributed by atoms with Crippen molar-refractivity contribution < 1.29 is 19.4 Å². The molecule has 1 heterocycles. The van der Waals surface area contributed by atoms with Crippen molar-refractivity contribution in [3.05, 3.63) is 35.5 Å². The predicted molar refractivity (Wildman–Crippen MR) is 87.9 cm³/mol. The van der Waals surface area contributed by atoms with Crippen LogP contribution in [0.1, 0.15) is 36.8 Å². The highest BCUT2D eigenvalue weighted by atomic mass is 16.6. The molecule has 0 unspecified atom stereocenters. The first kappa shape index (κ1) is 16.9. The Morgan fingerprint density at radius 3 is 2.61 bits per heavy atom. The maximum atomic E-state index is 11.7. The van der Waals surface area contributed by atoms with Crippen molar-refractivity contribution in [1.29, 1.82) is 0 Å². The van der Waals surface area contributed by atoms with Crippen LogP contribution in [0.25, 0.3) is 10.9 Å². The van der Waals surface area contributed by atoms with Crippen LogP contribution in [0.3, 0.4) is 0 Å². The third kappa shape index (κ3) is 4.03. The van der Waals surface area contributed by atoms with Crippen LogP contribution in [0.4, 0.5) is 4.79 Å². The number of aromatic carboxylic acids is 1. The van der Waals surface area contributed by atoms with Gasteiger partial charge in [-0.05, 0) is 45.4 Å². The molecule has 2 rings (SSSR count). The molecule has 2 aromatic rings. The summed E-state index contributed by atoms with van der Waals surface area (Å²) in [4.78, 5) is 23.1. The fraction of sp³-hybridized carbons (Fsp3) is 0.412. The number of carbonyl (C=O) groups is 2. The largest absolute Gasteiger partial charge is 0.477 e. The lowest BCUT2D eigenvalue weighted by Gasteiger charge is -2.20. The number of aromatic nitrogens is 1. The monoisotopic (exact) mass is 318 g/mol. The van der Waals surface area contributed by atoms with E-state index in [1.165, 1.54) is 0 Å². The number of carboxylic acid groups (broad SMARTS) is 1. The second-order valence-electron chi connectivity index (χ2n) is 6.42. The Kier molecular flexibility index (Phi) is 4.63. The molecule has 2 N–H and O–H groups in total. The van der Waals surface area contributed by atoms with E-state index in [0.29, 0.717) is 6.54 Å². The molecule has 0 atom stereocenters. The zero-order chi connectivity index (χ0) is 17.2. The van der Waals surface area contributed by atoms with Gasteiger partial charge in [0.2, 0.25) is 0 Å². The van der Waals surface area contributed by atoms with Gasteiger partial charge in [0.25, 0.3) is 0 Å². The van der Waals surface area contributed by atoms with Gasteiger partial charge in [-0.3, -0.25) is 0 Å². The number of aryl methyl sites for hydroxylation is 1. The van der Waals surface area contributed by atoms with Crippen LogP contribution in [0.5, 0.6) is 0 Å². The highest BCUT2D eigenvalue weighted by molar-refractivity contribution is 5.95. The summed E-state index contributed by atoms with van der Waals surface area (Å²) in [5, 5.41) is 12.9. The van der Waals surface area contributed by atoms with Crippen LogP contribution in [0.15, 0.2) is 24.3 Å². The number of rotatable bonds is 4. The van der Waals surface area contributed by atoms with Crippen molar-refractivity contribution in [3.8, 4) is 0 Å². The number of fused-ring (bicyclic) bond motifs is 1. The fourth-order valence-electron chi connectivity index (χ4n) is 2.43. The molecule has 23 heavy (non-hydrogen) atoms. The molecule has 0 spiro atoms. The number of amides is 1. The van der Waals surface area contributed by atoms with Gasteiger partial charge in [-0.25, -0.2) is 9.59 Å². The Labute approximate surface area is 135 Å². The molecule has 0 saturated carbocycles. The van der Waals surface area contributed by atoms with Gasteiger partial charge in [0.15, 0.2) is 0 Å². The van der Waals surface area contributed by atoms with Crippen molar-refractivity contribution in [2.75, 3.05) is 6.54 Å². The topological polar surface area (TPSA) is 80.6 Å². The Hall–Kier alpha value is -2.50. The van der Waals surface area contributed by atoms with Crippen LogP contribution < -0.4 is 5.32 Å². The summed E-state index contributed by atoms with van der Waals surface area (Å²) >= 11 is 0. The predicted octanol–water partition coefficient (Wildman–Crippen LogP) is 3.17. The Balaban J connectivity index is 2.16. The second kappa shape index (κ2) is 6.32. The lowest BCUT2D eigenvalue weighted by molar-refractivity contribution is 0.0526. The van der Waals surface area contributed by atoms with E-state index in [2.05, 4.69) is 5.32 Å². The van der Waals surface area contributed by atoms with Crippen LogP contribution in [-0.4, -0.2) is 33.9 Å². The lowest BCUT2D eigenvalue weighted by atomic mass is 10.1. The zero-order valence-corrected chi connectivity index (χ0v) is 13.8. The smallest absolute Gasteiger partial charge is 0.407 e. The summed E-state index contributed by atoms with van der Waals surface area (Å²) in [6, 6.07) is 7.38. The first-order chi connectivity index (χ1) is 10.7. The average Bonchev–Trinajstić information content (AvgIpc) is 2.77. The van der Waals surface area contributed by atoms with E-state index in [0.717, 1.165) is 16.5 Å². The van der Waals surface area contributed by atoms with Gasteiger partial charge in [0.05, 0.1) is 0 Å². The third-order valence-electron chi connectivity index (χ3n) is 3.39. The first-order valence-electron chi connectivity index (χ1n) is 7.48. The number of nitrogens with one attached hydrogen (secondary N) is 1. The normalized spacial score (nSPS) is 11.5. The molecule has 0 saturated heterocycles. The third-order valence-corrected chi connectivity index (χ3v) is 3.39. The molecular weight excluding hydrogens is 296 g/mol. The van der Waals surface area contributed by atoms with Crippen LogP contribution in [-0.2, 0) is 11.3 Å². The van der Waals surface area contributed by atoms with E-state index < -0.39 is 17.7 Å². The molecule has 6 nitrogen and oxygen atoms in total. The highest BCUT2D eigenvalue weighted by Gasteiger charge is 2.17. The Morgan fingerprint density at radius 1 is 1.30 bits per heavy atom.